The first kappa shape index (κ1) is 27.3. The van der Waals surface area contributed by atoms with Gasteiger partial charge in [0.2, 0.25) is 0 Å². The number of anilines is 1. The summed E-state index contributed by atoms with van der Waals surface area (Å²) in [6, 6.07) is 16.4. The van der Waals surface area contributed by atoms with Gasteiger partial charge in [0.05, 0.1) is 25.5 Å². The summed E-state index contributed by atoms with van der Waals surface area (Å²) < 4.78 is 45.1. The molecule has 0 aliphatic carbocycles. The predicted molar refractivity (Wildman–Crippen MR) is 137 cm³/mol. The van der Waals surface area contributed by atoms with Crippen LogP contribution in [0.15, 0.2) is 54.7 Å². The molecule has 1 unspecified atom stereocenters. The Labute approximate surface area is 226 Å². The number of nitrogens with zero attached hydrogens (tertiary/aromatic N) is 6. The van der Waals surface area contributed by atoms with Gasteiger partial charge in [0, 0.05) is 37.8 Å². The van der Waals surface area contributed by atoms with Crippen LogP contribution in [0.5, 0.6) is 5.75 Å². The number of nitrogens with one attached hydrogen (secondary N) is 1. The molecule has 4 aromatic rings. The number of halogens is 3. The number of alkyl halides is 3. The number of hydrogen-bond acceptors (Lipinski definition) is 9. The fourth-order valence-corrected chi connectivity index (χ4v) is 4.28. The van der Waals surface area contributed by atoms with Crippen molar-refractivity contribution in [2.75, 3.05) is 38.2 Å². The maximum atomic E-state index is 10.6. The lowest BCUT2D eigenvalue weighted by molar-refractivity contribution is -0.192. The summed E-state index contributed by atoms with van der Waals surface area (Å²) in [6.07, 6.45) is -2.81. The molecular formula is C26H26F3N7O4. The lowest BCUT2D eigenvalue weighted by Crippen LogP contribution is -2.35. The van der Waals surface area contributed by atoms with Gasteiger partial charge in [0.1, 0.15) is 6.10 Å². The fourth-order valence-electron chi connectivity index (χ4n) is 4.28. The summed E-state index contributed by atoms with van der Waals surface area (Å²) in [5.41, 5.74) is 3.98. The van der Waals surface area contributed by atoms with Crippen molar-refractivity contribution >= 4 is 17.4 Å². The van der Waals surface area contributed by atoms with Gasteiger partial charge in [-0.1, -0.05) is 24.3 Å². The Kier molecular flexibility index (Phi) is 8.07. The van der Waals surface area contributed by atoms with Crippen LogP contribution in [0.2, 0.25) is 0 Å². The molecule has 1 saturated heterocycles. The first-order chi connectivity index (χ1) is 19.3. The van der Waals surface area contributed by atoms with Gasteiger partial charge in [-0.05, 0) is 29.8 Å². The number of carboxylic acids is 1. The van der Waals surface area contributed by atoms with E-state index < -0.39 is 12.1 Å². The molecule has 2 N–H and O–H groups in total. The number of pyridine rings is 1. The number of ether oxygens (including phenoxy) is 2. The van der Waals surface area contributed by atoms with E-state index in [1.807, 2.05) is 28.8 Å². The lowest BCUT2D eigenvalue weighted by atomic mass is 10.1. The van der Waals surface area contributed by atoms with Crippen LogP contribution in [0.3, 0.4) is 0 Å². The van der Waals surface area contributed by atoms with Crippen LogP contribution in [0.4, 0.5) is 19.0 Å². The number of fused-ring (bicyclic) bond motifs is 2. The molecule has 2 aliphatic heterocycles. The molecule has 11 nitrogen and oxygen atoms in total. The van der Waals surface area contributed by atoms with Gasteiger partial charge in [-0.15, -0.1) is 10.2 Å². The molecule has 40 heavy (non-hydrogen) atoms. The molecule has 0 saturated carbocycles. The molecule has 1 aromatic carbocycles. The van der Waals surface area contributed by atoms with Gasteiger partial charge in [0.15, 0.2) is 23.0 Å². The van der Waals surface area contributed by atoms with E-state index in [1.54, 1.807) is 6.20 Å². The molecule has 210 valence electrons. The largest absolute Gasteiger partial charge is 0.490 e. The van der Waals surface area contributed by atoms with Gasteiger partial charge >= 0.3 is 12.1 Å². The number of hydrogen-bond donors (Lipinski definition) is 2. The van der Waals surface area contributed by atoms with E-state index in [4.69, 9.17) is 24.5 Å². The number of carboxylic acid groups (broad SMARTS) is 1. The third-order valence-electron chi connectivity index (χ3n) is 6.30. The molecule has 2 aliphatic rings. The van der Waals surface area contributed by atoms with Crippen LogP contribution in [-0.4, -0.2) is 85.9 Å². The predicted octanol–water partition coefficient (Wildman–Crippen LogP) is 3.07. The van der Waals surface area contributed by atoms with Gasteiger partial charge in [-0.3, -0.25) is 4.90 Å². The number of aromatic nitrogens is 5. The molecule has 1 fully saturated rings. The average molecular weight is 558 g/mol. The second-order valence-corrected chi connectivity index (χ2v) is 9.17. The summed E-state index contributed by atoms with van der Waals surface area (Å²) in [6.45, 7) is 5.20. The smallest absolute Gasteiger partial charge is 0.484 e. The zero-order valence-corrected chi connectivity index (χ0v) is 21.2. The number of rotatable bonds is 5. The van der Waals surface area contributed by atoms with Crippen molar-refractivity contribution in [3.8, 4) is 17.0 Å². The number of morpholine rings is 1. The highest BCUT2D eigenvalue weighted by Crippen LogP contribution is 2.27. The van der Waals surface area contributed by atoms with Crippen LogP contribution in [0, 0.1) is 0 Å². The molecule has 14 heteroatoms. The van der Waals surface area contributed by atoms with Gasteiger partial charge < -0.3 is 19.9 Å². The quantitative estimate of drug-likeness (QED) is 0.378. The molecule has 3 aromatic heterocycles. The van der Waals surface area contributed by atoms with Crippen molar-refractivity contribution in [2.45, 2.75) is 25.2 Å². The van der Waals surface area contributed by atoms with Crippen LogP contribution >= 0.6 is 0 Å². The van der Waals surface area contributed by atoms with Gasteiger partial charge in [-0.2, -0.15) is 22.8 Å². The number of benzene rings is 1. The third-order valence-corrected chi connectivity index (χ3v) is 6.30. The van der Waals surface area contributed by atoms with Crippen LogP contribution in [0.1, 0.15) is 11.4 Å². The van der Waals surface area contributed by atoms with E-state index in [-0.39, 0.29) is 6.10 Å². The van der Waals surface area contributed by atoms with Gasteiger partial charge in [-0.25, -0.2) is 9.78 Å². The Morgan fingerprint density at radius 3 is 2.55 bits per heavy atom. The summed E-state index contributed by atoms with van der Waals surface area (Å²) in [4.78, 5) is 15.6. The summed E-state index contributed by atoms with van der Waals surface area (Å²) in [7, 11) is 0. The number of carbonyl (C=O) groups is 1. The Hall–Kier alpha value is -4.30. The van der Waals surface area contributed by atoms with Crippen LogP contribution < -0.4 is 10.1 Å². The Balaban J connectivity index is 0.000000411. The minimum absolute atomic E-state index is 0.0703. The molecule has 0 radical (unpaired) electrons. The van der Waals surface area contributed by atoms with Crippen molar-refractivity contribution in [3.63, 3.8) is 0 Å². The lowest BCUT2D eigenvalue weighted by Gasteiger charge is -2.26. The highest BCUT2D eigenvalue weighted by atomic mass is 19.4. The third kappa shape index (κ3) is 6.63. The van der Waals surface area contributed by atoms with Crippen molar-refractivity contribution in [3.05, 3.63) is 66.1 Å². The van der Waals surface area contributed by atoms with Crippen molar-refractivity contribution in [1.29, 1.82) is 0 Å². The van der Waals surface area contributed by atoms with Crippen molar-refractivity contribution < 1.29 is 32.5 Å². The molecule has 0 amide bonds. The number of aliphatic carboxylic acids is 1. The SMILES string of the molecule is O=C(O)C(F)(F)F.c1cnc2c(c1)OC(Cc1nnc3ccc(-c4ccc(CN5CCOCC5)cc4)nn13)CN2. The van der Waals surface area contributed by atoms with E-state index >= 15 is 0 Å². The normalized spacial score (nSPS) is 17.2. The minimum Gasteiger partial charge on any atom is -0.484 e. The minimum atomic E-state index is -5.08. The topological polar surface area (TPSA) is 127 Å². The second-order valence-electron chi connectivity index (χ2n) is 9.17. The van der Waals surface area contributed by atoms with Crippen LogP contribution in [0.25, 0.3) is 16.9 Å². The van der Waals surface area contributed by atoms with E-state index in [0.29, 0.717) is 13.0 Å². The highest BCUT2D eigenvalue weighted by molar-refractivity contribution is 5.73. The standard InChI is InChI=1S/C24H25N7O2.C2HF3O2/c1-2-21-24(25-9-1)26-15-19(33-21)14-23-28-27-22-8-7-20(29-31(22)23)18-5-3-17(4-6-18)16-30-10-12-32-13-11-30;3-2(4,5)1(6)7/h1-9,19H,10-16H2,(H,25,26);(H,6,7). The van der Waals surface area contributed by atoms with E-state index in [2.05, 4.69) is 49.7 Å². The van der Waals surface area contributed by atoms with E-state index in [9.17, 15) is 13.2 Å². The van der Waals surface area contributed by atoms with Crippen molar-refractivity contribution in [1.82, 2.24) is 29.7 Å². The molecule has 0 spiro atoms. The Bertz CT molecular complexity index is 1460. The molecule has 1 atom stereocenters. The Morgan fingerprint density at radius 2 is 1.82 bits per heavy atom. The Morgan fingerprint density at radius 1 is 1.07 bits per heavy atom. The molecule has 6 rings (SSSR count). The molecular weight excluding hydrogens is 531 g/mol. The first-order valence-corrected chi connectivity index (χ1v) is 12.5. The maximum Gasteiger partial charge on any atom is 0.490 e. The zero-order valence-electron chi connectivity index (χ0n) is 21.2. The average Bonchev–Trinajstić information content (AvgIpc) is 3.35. The zero-order chi connectivity index (χ0) is 28.1. The summed E-state index contributed by atoms with van der Waals surface area (Å²) >= 11 is 0. The van der Waals surface area contributed by atoms with Gasteiger partial charge in [0.25, 0.3) is 0 Å². The maximum absolute atomic E-state index is 10.6. The second kappa shape index (κ2) is 11.8. The first-order valence-electron chi connectivity index (χ1n) is 12.5. The summed E-state index contributed by atoms with van der Waals surface area (Å²) in [5.74, 6) is -0.451. The van der Waals surface area contributed by atoms with E-state index in [1.165, 1.54) is 5.56 Å². The van der Waals surface area contributed by atoms with Crippen LogP contribution in [-0.2, 0) is 22.5 Å². The highest BCUT2D eigenvalue weighted by Gasteiger charge is 2.38. The van der Waals surface area contributed by atoms with Crippen molar-refractivity contribution in [2.24, 2.45) is 0 Å². The molecule has 5 heterocycles. The fraction of sp³-hybridized carbons (Fsp3) is 0.346. The summed E-state index contributed by atoms with van der Waals surface area (Å²) in [5, 5.41) is 23.9. The van der Waals surface area contributed by atoms with E-state index in [0.717, 1.165) is 67.1 Å². The monoisotopic (exact) mass is 557 g/mol. The molecule has 0 bridgehead atoms.